The Kier molecular flexibility index (Phi) is 10.1. The van der Waals surface area contributed by atoms with Crippen molar-refractivity contribution < 1.29 is 9.47 Å². The van der Waals surface area contributed by atoms with Crippen LogP contribution in [0, 0.1) is 0 Å². The van der Waals surface area contributed by atoms with Crippen LogP contribution in [0.1, 0.15) is 79.0 Å². The highest BCUT2D eigenvalue weighted by atomic mass is 32.2. The van der Waals surface area contributed by atoms with Crippen LogP contribution in [0.4, 0.5) is 51.2 Å². The molecule has 0 bridgehead atoms. The van der Waals surface area contributed by atoms with Crippen LogP contribution in [0.25, 0.3) is 20.2 Å². The van der Waals surface area contributed by atoms with Crippen molar-refractivity contribution in [1.82, 2.24) is 0 Å². The number of thiophene rings is 2. The van der Waals surface area contributed by atoms with Crippen LogP contribution in [0.2, 0.25) is 0 Å². The Balaban J connectivity index is 0.972. The highest BCUT2D eigenvalue weighted by Gasteiger charge is 2.50. The summed E-state index contributed by atoms with van der Waals surface area (Å²) in [5.74, 6) is 3.79. The summed E-state index contributed by atoms with van der Waals surface area (Å²) in [5, 5.41) is 6.64. The van der Waals surface area contributed by atoms with E-state index in [0.717, 1.165) is 28.7 Å². The lowest BCUT2D eigenvalue weighted by atomic mass is 9.30. The number of anilines is 9. The monoisotopic (exact) mass is 1100 g/mol. The fraction of sp³-hybridized carbons (Fsp3) is 0.212. The number of hydrogen-bond donors (Lipinski definition) is 1. The van der Waals surface area contributed by atoms with Gasteiger partial charge in [0.25, 0.3) is 20.1 Å². The van der Waals surface area contributed by atoms with Crippen LogP contribution < -0.4 is 76.1 Å². The summed E-state index contributed by atoms with van der Waals surface area (Å²) < 4.78 is 24.8. The Morgan fingerprint density at radius 2 is 0.975 bits per heavy atom. The minimum absolute atomic E-state index is 0.0145. The standard InChI is InChI=1S/C66H57B3N4O2S4/c1-64(2,3)35-25-46-57-49(26-35)71(38-19-13-12-14-20-38)60-39-21-15-17-23-55(39)78-62(60)68(57)41-31-42-47(33-45(41)70-46)72(76-10)50-27-36(65(4,5)6)29-53-58(50)67(42)44-32-43-48(34-52(44)74-53)73(77-11)51-28-37(66(7,8)9)30-54-59(51)69(43)63-61(75-54)40-22-16-18-24-56(40)79-63/h12-34,70H,1-11H3. The zero-order chi connectivity index (χ0) is 53.9. The third-order valence-corrected chi connectivity index (χ3v) is 21.5. The topological polar surface area (TPSA) is 40.2 Å². The van der Waals surface area contributed by atoms with Gasteiger partial charge in [0.05, 0.1) is 22.7 Å². The van der Waals surface area contributed by atoms with Crippen molar-refractivity contribution in [3.63, 3.8) is 0 Å². The molecule has 8 heterocycles. The van der Waals surface area contributed by atoms with Gasteiger partial charge in [0.15, 0.2) is 0 Å². The molecular weight excluding hydrogens is 1040 g/mol. The lowest BCUT2D eigenvalue weighted by Crippen LogP contribution is -2.64. The number of ether oxygens (including phenoxy) is 2. The van der Waals surface area contributed by atoms with Gasteiger partial charge in [-0.25, -0.2) is 0 Å². The van der Waals surface area contributed by atoms with Gasteiger partial charge in [-0.05, 0) is 168 Å². The second-order valence-electron chi connectivity index (χ2n) is 25.3. The highest BCUT2D eigenvalue weighted by molar-refractivity contribution is 8.00. The smallest absolute Gasteiger partial charge is 0.268 e. The zero-order valence-electron chi connectivity index (χ0n) is 46.3. The molecule has 6 nitrogen and oxygen atoms in total. The molecule has 6 aliphatic heterocycles. The van der Waals surface area contributed by atoms with Gasteiger partial charge in [-0.3, -0.25) is 8.61 Å². The van der Waals surface area contributed by atoms with E-state index in [9.17, 15) is 0 Å². The fourth-order valence-electron chi connectivity index (χ4n) is 13.7. The summed E-state index contributed by atoms with van der Waals surface area (Å²) in [4.78, 5) is 2.57. The minimum atomic E-state index is -0.127. The first-order valence-electron chi connectivity index (χ1n) is 27.6. The molecule has 0 amide bonds. The molecule has 13 heteroatoms. The van der Waals surface area contributed by atoms with Crippen LogP contribution in [-0.2, 0) is 16.2 Å². The predicted octanol–water partition coefficient (Wildman–Crippen LogP) is 13.1. The predicted molar refractivity (Wildman–Crippen MR) is 349 cm³/mol. The van der Waals surface area contributed by atoms with Gasteiger partial charge in [-0.2, -0.15) is 0 Å². The van der Waals surface area contributed by atoms with Crippen molar-refractivity contribution in [2.45, 2.75) is 78.6 Å². The molecule has 0 atom stereocenters. The van der Waals surface area contributed by atoms with Crippen LogP contribution in [0.5, 0.6) is 23.0 Å². The Hall–Kier alpha value is -6.63. The Labute approximate surface area is 481 Å². The quantitative estimate of drug-likeness (QED) is 0.139. The maximum Gasteiger partial charge on any atom is 0.268 e. The summed E-state index contributed by atoms with van der Waals surface area (Å²) in [7, 11) is 0. The third kappa shape index (κ3) is 6.76. The van der Waals surface area contributed by atoms with Crippen molar-refractivity contribution in [1.29, 1.82) is 0 Å². The van der Waals surface area contributed by atoms with E-state index >= 15 is 0 Å². The second kappa shape index (κ2) is 16.5. The van der Waals surface area contributed by atoms with Gasteiger partial charge in [-0.15, -0.1) is 22.7 Å². The van der Waals surface area contributed by atoms with E-state index in [0.29, 0.717) is 0 Å². The van der Waals surface area contributed by atoms with Crippen LogP contribution >= 0.6 is 46.6 Å². The van der Waals surface area contributed by atoms with E-state index in [1.165, 1.54) is 130 Å². The second-order valence-corrected chi connectivity index (χ2v) is 29.0. The zero-order valence-corrected chi connectivity index (χ0v) is 49.6. The highest BCUT2D eigenvalue weighted by Crippen LogP contribution is 2.50. The van der Waals surface area contributed by atoms with Crippen molar-refractivity contribution in [2.75, 3.05) is 31.3 Å². The van der Waals surface area contributed by atoms with Gasteiger partial charge in [-0.1, -0.05) is 123 Å². The number of rotatable bonds is 3. The van der Waals surface area contributed by atoms with Gasteiger partial charge in [0.1, 0.15) is 23.0 Å². The first-order valence-corrected chi connectivity index (χ1v) is 31.6. The van der Waals surface area contributed by atoms with E-state index in [2.05, 4.69) is 233 Å². The van der Waals surface area contributed by atoms with E-state index < -0.39 is 0 Å². The van der Waals surface area contributed by atoms with Crippen LogP contribution in [0.3, 0.4) is 0 Å². The van der Waals surface area contributed by atoms with E-state index in [-0.39, 0.29) is 36.4 Å². The molecule has 16 rings (SSSR count). The first kappa shape index (κ1) is 48.3. The largest absolute Gasteiger partial charge is 0.458 e. The third-order valence-electron chi connectivity index (χ3n) is 17.6. The van der Waals surface area contributed by atoms with Crippen LogP contribution in [-0.4, -0.2) is 32.6 Å². The van der Waals surface area contributed by atoms with E-state index in [4.69, 9.17) is 9.47 Å². The van der Waals surface area contributed by atoms with E-state index in [1.54, 1.807) is 23.9 Å². The molecule has 0 saturated heterocycles. The molecular formula is C66H57B3N4O2S4. The van der Waals surface area contributed by atoms with Crippen molar-refractivity contribution >= 4 is 186 Å². The number of para-hydroxylation sites is 1. The molecule has 0 unspecified atom stereocenters. The number of nitrogens with zero attached hydrogens (tertiary/aromatic N) is 3. The molecule has 1 N–H and O–H groups in total. The maximum absolute atomic E-state index is 7.51. The van der Waals surface area contributed by atoms with Gasteiger partial charge in [0, 0.05) is 76.7 Å². The lowest BCUT2D eigenvalue weighted by molar-refractivity contribution is 0.483. The fourth-order valence-corrected chi connectivity index (χ4v) is 17.7. The molecule has 0 radical (unpaired) electrons. The molecule has 2 aromatic heterocycles. The number of hydrogen-bond acceptors (Lipinski definition) is 10. The lowest BCUT2D eigenvalue weighted by Gasteiger charge is -2.44. The van der Waals surface area contributed by atoms with Crippen molar-refractivity contribution in [3.8, 4) is 23.0 Å². The summed E-state index contributed by atoms with van der Waals surface area (Å²) >= 11 is 7.37. The molecule has 0 saturated carbocycles. The van der Waals surface area contributed by atoms with Gasteiger partial charge < -0.3 is 19.7 Å². The summed E-state index contributed by atoms with van der Waals surface area (Å²) in [6.07, 6.45) is 4.43. The molecule has 10 aromatic rings. The Morgan fingerprint density at radius 1 is 0.443 bits per heavy atom. The van der Waals surface area contributed by atoms with E-state index in [1.807, 2.05) is 22.7 Å². The maximum atomic E-state index is 7.51. The number of nitrogens with one attached hydrogen (secondary N) is 1. The average molecular weight is 1100 g/mol. The Bertz CT molecular complexity index is 4340. The van der Waals surface area contributed by atoms with Gasteiger partial charge >= 0.3 is 0 Å². The summed E-state index contributed by atoms with van der Waals surface area (Å²) in [6.45, 7) is 20.7. The van der Waals surface area contributed by atoms with Crippen molar-refractivity contribution in [3.05, 3.63) is 156 Å². The molecule has 0 fully saturated rings. The Morgan fingerprint density at radius 3 is 1.65 bits per heavy atom. The van der Waals surface area contributed by atoms with Gasteiger partial charge in [0.2, 0.25) is 0 Å². The summed E-state index contributed by atoms with van der Waals surface area (Å²) in [6, 6.07) is 53.4. The molecule has 8 aromatic carbocycles. The van der Waals surface area contributed by atoms with Crippen molar-refractivity contribution in [2.24, 2.45) is 0 Å². The summed E-state index contributed by atoms with van der Waals surface area (Å²) in [5.41, 5.74) is 23.2. The minimum Gasteiger partial charge on any atom is -0.458 e. The average Bonchev–Trinajstić information content (AvgIpc) is 4.25. The molecule has 0 aliphatic carbocycles. The molecule has 386 valence electrons. The first-order chi connectivity index (χ1) is 38.0. The molecule has 6 aliphatic rings. The van der Waals surface area contributed by atoms with Crippen LogP contribution in [0.15, 0.2) is 140 Å². The normalized spacial score (nSPS) is 15.0. The molecule has 79 heavy (non-hydrogen) atoms. The number of benzene rings is 8. The molecule has 0 spiro atoms. The number of fused-ring (bicyclic) bond motifs is 16. The SMILES string of the molecule is CSN1c2cc3c(cc2B2c4cc5c(cc4Oc4cc(C(C)(C)C)cc1c42)N(SC)c1cc(C(C)(C)C)cc2c1B5c1sc4ccccc4c1O2)B1c2sc4ccccc4c2N(c2ccccc2)c2cc(C(C)(C)C)cc(c21)N3.